The molecule has 0 amide bonds. The summed E-state index contributed by atoms with van der Waals surface area (Å²) in [5.74, 6) is 0. The molecule has 0 bridgehead atoms. The van der Waals surface area contributed by atoms with Crippen LogP contribution in [0.1, 0.15) is 23.1 Å². The molecule has 0 heterocycles. The van der Waals surface area contributed by atoms with E-state index in [-0.39, 0.29) is 51.0 Å². The summed E-state index contributed by atoms with van der Waals surface area (Å²) in [4.78, 5) is 0. The van der Waals surface area contributed by atoms with Crippen LogP contribution in [0.2, 0.25) is 0 Å². The Kier molecular flexibility index (Phi) is 11.0. The van der Waals surface area contributed by atoms with Crippen molar-refractivity contribution < 1.29 is 51.0 Å². The predicted octanol–water partition coefficient (Wildman–Crippen LogP) is 2.35. The van der Waals surface area contributed by atoms with E-state index in [2.05, 4.69) is 122 Å². The molecule has 5 aromatic rings. The van der Waals surface area contributed by atoms with E-state index in [0.717, 1.165) is 6.42 Å². The summed E-state index contributed by atoms with van der Waals surface area (Å²) in [5, 5.41) is 5.46. The second-order valence-corrected chi connectivity index (χ2v) is 7.79. The molecule has 0 atom stereocenters. The van der Waals surface area contributed by atoms with Crippen LogP contribution >= 0.6 is 0 Å². The van der Waals surface area contributed by atoms with Gasteiger partial charge in [0.2, 0.25) is 0 Å². The largest absolute Gasteiger partial charge is 4.00 e. The van der Waals surface area contributed by atoms with Gasteiger partial charge in [-0.3, -0.25) is 0 Å². The van der Waals surface area contributed by atoms with Crippen molar-refractivity contribution in [1.29, 1.82) is 0 Å². The molecular formula is C31H24Cl2Zr. The topological polar surface area (TPSA) is 0 Å². The molecule has 3 heteroatoms. The minimum absolute atomic E-state index is 0. The predicted molar refractivity (Wildman–Crippen MR) is 134 cm³/mol. The summed E-state index contributed by atoms with van der Waals surface area (Å²) in [5.41, 5.74) is 5.30. The number of allylic oxidation sites excluding steroid dienone is 4. The van der Waals surface area contributed by atoms with Gasteiger partial charge in [-0.1, -0.05) is 102 Å². The van der Waals surface area contributed by atoms with Gasteiger partial charge in [-0.2, -0.15) is 0 Å². The van der Waals surface area contributed by atoms with Crippen LogP contribution in [0.3, 0.4) is 0 Å². The molecule has 0 radical (unpaired) electrons. The van der Waals surface area contributed by atoms with E-state index in [0.29, 0.717) is 0 Å². The van der Waals surface area contributed by atoms with Gasteiger partial charge in [-0.15, -0.1) is 75.5 Å². The number of halogens is 2. The SMILES string of the molecule is C1=CCC(c2cccc3c2[cH-]c2ccccc23)=C1.[Cl-].[Cl-].[Zr+4].c1ccc([CH-]c2ccccc2)cc1. The van der Waals surface area contributed by atoms with E-state index in [1.807, 2.05) is 12.1 Å². The van der Waals surface area contributed by atoms with Crippen LogP contribution in [-0.4, -0.2) is 0 Å². The molecule has 166 valence electrons. The first-order valence-electron chi connectivity index (χ1n) is 10.8. The van der Waals surface area contributed by atoms with E-state index in [9.17, 15) is 0 Å². The van der Waals surface area contributed by atoms with E-state index in [1.165, 1.54) is 43.8 Å². The third-order valence-corrected chi connectivity index (χ3v) is 5.71. The molecule has 0 aliphatic heterocycles. The average molecular weight is 559 g/mol. The van der Waals surface area contributed by atoms with E-state index >= 15 is 0 Å². The molecule has 0 aromatic heterocycles. The quantitative estimate of drug-likeness (QED) is 0.299. The molecule has 0 nitrogen and oxygen atoms in total. The summed E-state index contributed by atoms with van der Waals surface area (Å²) < 4.78 is 0. The Labute approximate surface area is 233 Å². The standard InChI is InChI=1S/C18H13.C13H11.2ClH.Zr/c1-2-7-13(6-1)15-10-5-11-17-16-9-4-3-8-14(16)12-18(15)17;1-3-7-12(8-4-1)11-13-9-5-2-6-10-13;;;/h1-6,8-12H,7H2;1-11H;2*1H;/q2*-1;;;+4/p-2. The van der Waals surface area contributed by atoms with Crippen molar-refractivity contribution in [2.45, 2.75) is 6.42 Å². The van der Waals surface area contributed by atoms with Crippen LogP contribution in [0.15, 0.2) is 127 Å². The van der Waals surface area contributed by atoms with Crippen LogP contribution < -0.4 is 24.8 Å². The van der Waals surface area contributed by atoms with Crippen molar-refractivity contribution in [2.75, 3.05) is 0 Å². The summed E-state index contributed by atoms with van der Waals surface area (Å²) in [6.07, 6.45) is 9.82. The Morgan fingerprint density at radius 2 is 1.21 bits per heavy atom. The second-order valence-electron chi connectivity index (χ2n) is 7.79. The molecule has 34 heavy (non-hydrogen) atoms. The summed E-state index contributed by atoms with van der Waals surface area (Å²) in [6, 6.07) is 38.3. The van der Waals surface area contributed by atoms with Crippen molar-refractivity contribution >= 4 is 27.1 Å². The Bertz CT molecular complexity index is 1330. The molecule has 0 N–H and O–H groups in total. The van der Waals surface area contributed by atoms with Gasteiger partial charge in [0.1, 0.15) is 0 Å². The maximum Gasteiger partial charge on any atom is 4.00 e. The molecule has 0 fully saturated rings. The fraction of sp³-hybridized carbons (Fsp3) is 0.0323. The third-order valence-electron chi connectivity index (χ3n) is 5.71. The van der Waals surface area contributed by atoms with E-state index < -0.39 is 0 Å². The molecule has 0 saturated carbocycles. The van der Waals surface area contributed by atoms with Crippen molar-refractivity contribution in [2.24, 2.45) is 0 Å². The molecule has 1 aliphatic rings. The first kappa shape index (κ1) is 27.8. The molecule has 1 aliphatic carbocycles. The van der Waals surface area contributed by atoms with Gasteiger partial charge in [-0.25, -0.2) is 0 Å². The van der Waals surface area contributed by atoms with Crippen molar-refractivity contribution in [3.05, 3.63) is 151 Å². The second kappa shape index (κ2) is 13.5. The maximum atomic E-state index is 2.32. The van der Waals surface area contributed by atoms with Gasteiger partial charge in [0, 0.05) is 0 Å². The normalized spacial score (nSPS) is 11.4. The monoisotopic (exact) mass is 556 g/mol. The van der Waals surface area contributed by atoms with Crippen LogP contribution in [0.5, 0.6) is 0 Å². The molecular weight excluding hydrogens is 534 g/mol. The van der Waals surface area contributed by atoms with Crippen LogP contribution in [0.4, 0.5) is 0 Å². The molecule has 0 saturated heterocycles. The Hall–Kier alpha value is -2.44. The van der Waals surface area contributed by atoms with Crippen LogP contribution in [0, 0.1) is 6.42 Å². The average Bonchev–Trinajstić information content (AvgIpc) is 3.49. The van der Waals surface area contributed by atoms with Crippen LogP contribution in [0.25, 0.3) is 27.1 Å². The van der Waals surface area contributed by atoms with E-state index in [1.54, 1.807) is 0 Å². The number of fused-ring (bicyclic) bond motifs is 3. The summed E-state index contributed by atoms with van der Waals surface area (Å²) >= 11 is 0. The summed E-state index contributed by atoms with van der Waals surface area (Å²) in [6.45, 7) is 0. The van der Waals surface area contributed by atoms with Gasteiger partial charge in [0.25, 0.3) is 0 Å². The third kappa shape index (κ3) is 6.36. The maximum absolute atomic E-state index is 2.32. The minimum Gasteiger partial charge on any atom is -1.00 e. The number of benzene rings is 4. The van der Waals surface area contributed by atoms with Gasteiger partial charge < -0.3 is 24.8 Å². The number of rotatable bonds is 3. The molecule has 6 rings (SSSR count). The Morgan fingerprint density at radius 3 is 1.82 bits per heavy atom. The molecule has 5 aromatic carbocycles. The van der Waals surface area contributed by atoms with Gasteiger partial charge in [0.05, 0.1) is 0 Å². The van der Waals surface area contributed by atoms with Crippen molar-refractivity contribution in [3.63, 3.8) is 0 Å². The summed E-state index contributed by atoms with van der Waals surface area (Å²) in [7, 11) is 0. The fourth-order valence-corrected chi connectivity index (χ4v) is 4.20. The zero-order valence-electron chi connectivity index (χ0n) is 18.7. The van der Waals surface area contributed by atoms with Gasteiger partial charge in [0.15, 0.2) is 0 Å². The first-order chi connectivity index (χ1) is 15.4. The minimum atomic E-state index is 0. The van der Waals surface area contributed by atoms with Crippen LogP contribution in [-0.2, 0) is 26.2 Å². The first-order valence-corrected chi connectivity index (χ1v) is 10.8. The Morgan fingerprint density at radius 1 is 0.618 bits per heavy atom. The van der Waals surface area contributed by atoms with E-state index in [4.69, 9.17) is 0 Å². The zero-order valence-corrected chi connectivity index (χ0v) is 22.6. The Balaban J connectivity index is 0.000000231. The number of hydrogen-bond acceptors (Lipinski definition) is 0. The van der Waals surface area contributed by atoms with Crippen molar-refractivity contribution in [1.82, 2.24) is 0 Å². The number of hydrogen-bond donors (Lipinski definition) is 0. The van der Waals surface area contributed by atoms with Gasteiger partial charge >= 0.3 is 26.2 Å². The molecule has 0 spiro atoms. The van der Waals surface area contributed by atoms with Gasteiger partial charge in [-0.05, 0) is 6.42 Å². The zero-order chi connectivity index (χ0) is 20.9. The molecule has 0 unspecified atom stereocenters. The smallest absolute Gasteiger partial charge is 1.00 e. The van der Waals surface area contributed by atoms with Crippen molar-refractivity contribution in [3.8, 4) is 0 Å². The fourth-order valence-electron chi connectivity index (χ4n) is 4.20.